The van der Waals surface area contributed by atoms with Crippen molar-refractivity contribution in [3.63, 3.8) is 0 Å². The fraction of sp³-hybridized carbons (Fsp3) is 0.391. The van der Waals surface area contributed by atoms with E-state index in [4.69, 9.17) is 14.2 Å². The van der Waals surface area contributed by atoms with Crippen LogP contribution in [0.5, 0.6) is 11.5 Å². The summed E-state index contributed by atoms with van der Waals surface area (Å²) in [5.41, 5.74) is 0.957. The standard InChI is InChI=1S/C23H27NO5/c1-27-19-13-17(14-20(15-19)28-2)22(21(25)16-9-5-3-6-10-16)29-23(26)24-18-11-7-4-8-12-18/h3,5-6,9-10,13-15,18,22H,4,7-8,11-12H2,1-2H3,(H,24,26). The molecular formula is C23H27NO5. The fourth-order valence-electron chi connectivity index (χ4n) is 3.56. The summed E-state index contributed by atoms with van der Waals surface area (Å²) in [5, 5.41) is 2.91. The lowest BCUT2D eigenvalue weighted by atomic mass is 9.96. The Morgan fingerprint density at radius 2 is 1.55 bits per heavy atom. The molecule has 2 aromatic carbocycles. The highest BCUT2D eigenvalue weighted by Gasteiger charge is 2.28. The van der Waals surface area contributed by atoms with Crippen LogP contribution >= 0.6 is 0 Å². The number of ketones is 1. The summed E-state index contributed by atoms with van der Waals surface area (Å²) in [6.45, 7) is 0. The van der Waals surface area contributed by atoms with Crippen molar-refractivity contribution in [1.29, 1.82) is 0 Å². The van der Waals surface area contributed by atoms with Gasteiger partial charge in [-0.3, -0.25) is 4.79 Å². The molecule has 3 rings (SSSR count). The van der Waals surface area contributed by atoms with Crippen molar-refractivity contribution in [3.05, 3.63) is 59.7 Å². The number of hydrogen-bond acceptors (Lipinski definition) is 5. The molecule has 1 amide bonds. The molecular weight excluding hydrogens is 370 g/mol. The van der Waals surface area contributed by atoms with Crippen LogP contribution in [0.15, 0.2) is 48.5 Å². The molecule has 1 aliphatic carbocycles. The molecule has 6 nitrogen and oxygen atoms in total. The highest BCUT2D eigenvalue weighted by molar-refractivity contribution is 6.01. The van der Waals surface area contributed by atoms with Gasteiger partial charge in [-0.2, -0.15) is 0 Å². The number of amides is 1. The average molecular weight is 397 g/mol. The summed E-state index contributed by atoms with van der Waals surface area (Å²) in [4.78, 5) is 25.8. The van der Waals surface area contributed by atoms with E-state index in [0.717, 1.165) is 25.7 Å². The summed E-state index contributed by atoms with van der Waals surface area (Å²) in [5.74, 6) is 0.725. The Morgan fingerprint density at radius 1 is 0.931 bits per heavy atom. The molecule has 0 radical (unpaired) electrons. The Kier molecular flexibility index (Phi) is 7.11. The predicted molar refractivity (Wildman–Crippen MR) is 110 cm³/mol. The third kappa shape index (κ3) is 5.50. The van der Waals surface area contributed by atoms with Crippen LogP contribution in [0, 0.1) is 0 Å². The first kappa shape index (κ1) is 20.7. The molecule has 154 valence electrons. The summed E-state index contributed by atoms with van der Waals surface area (Å²) in [6.07, 6.45) is 3.53. The first-order valence-electron chi connectivity index (χ1n) is 9.90. The number of carbonyl (C=O) groups excluding carboxylic acids is 2. The Labute approximate surface area is 171 Å². The number of rotatable bonds is 7. The zero-order valence-corrected chi connectivity index (χ0v) is 16.9. The fourth-order valence-corrected chi connectivity index (χ4v) is 3.56. The van der Waals surface area contributed by atoms with Crippen molar-refractivity contribution in [3.8, 4) is 11.5 Å². The quantitative estimate of drug-likeness (QED) is 0.686. The number of alkyl carbamates (subject to hydrolysis) is 1. The number of benzene rings is 2. The first-order chi connectivity index (χ1) is 14.1. The van der Waals surface area contributed by atoms with Crippen LogP contribution < -0.4 is 14.8 Å². The largest absolute Gasteiger partial charge is 0.497 e. The number of nitrogens with one attached hydrogen (secondary N) is 1. The molecule has 1 saturated carbocycles. The SMILES string of the molecule is COc1cc(OC)cc(C(OC(=O)NC2CCCCC2)C(=O)c2ccccc2)c1. The average Bonchev–Trinajstić information content (AvgIpc) is 2.77. The molecule has 0 saturated heterocycles. The van der Waals surface area contributed by atoms with Crippen molar-refractivity contribution in [2.75, 3.05) is 14.2 Å². The van der Waals surface area contributed by atoms with E-state index in [1.165, 1.54) is 20.6 Å². The van der Waals surface area contributed by atoms with Gasteiger partial charge in [-0.05, 0) is 25.0 Å². The minimum absolute atomic E-state index is 0.0866. The molecule has 0 aliphatic heterocycles. The Hall–Kier alpha value is -3.02. The van der Waals surface area contributed by atoms with Gasteiger partial charge in [0.2, 0.25) is 5.78 Å². The van der Waals surface area contributed by atoms with Crippen molar-refractivity contribution < 1.29 is 23.8 Å². The summed E-state index contributed by atoms with van der Waals surface area (Å²) in [7, 11) is 3.06. The summed E-state index contributed by atoms with van der Waals surface area (Å²) >= 11 is 0. The van der Waals surface area contributed by atoms with Gasteiger partial charge in [0.25, 0.3) is 0 Å². The number of hydrogen-bond donors (Lipinski definition) is 1. The maximum Gasteiger partial charge on any atom is 0.408 e. The molecule has 0 bridgehead atoms. The van der Waals surface area contributed by atoms with Gasteiger partial charge in [-0.25, -0.2) is 4.79 Å². The van der Waals surface area contributed by atoms with Gasteiger partial charge in [0.05, 0.1) is 14.2 Å². The van der Waals surface area contributed by atoms with Crippen molar-refractivity contribution in [1.82, 2.24) is 5.32 Å². The monoisotopic (exact) mass is 397 g/mol. The van der Waals surface area contributed by atoms with Gasteiger partial charge < -0.3 is 19.5 Å². The highest BCUT2D eigenvalue weighted by atomic mass is 16.6. The van der Waals surface area contributed by atoms with Gasteiger partial charge in [-0.1, -0.05) is 49.6 Å². The lowest BCUT2D eigenvalue weighted by Crippen LogP contribution is -2.38. The number of carbonyl (C=O) groups is 2. The highest BCUT2D eigenvalue weighted by Crippen LogP contribution is 2.31. The second kappa shape index (κ2) is 9.96. The third-order valence-corrected chi connectivity index (χ3v) is 5.12. The molecule has 1 N–H and O–H groups in total. The first-order valence-corrected chi connectivity index (χ1v) is 9.90. The minimum atomic E-state index is -1.11. The van der Waals surface area contributed by atoms with Crippen molar-refractivity contribution >= 4 is 11.9 Å². The van der Waals surface area contributed by atoms with Crippen LogP contribution in [0.1, 0.15) is 54.1 Å². The zero-order valence-electron chi connectivity index (χ0n) is 16.9. The Bertz CT molecular complexity index is 808. The van der Waals surface area contributed by atoms with Crippen LogP contribution in [0.25, 0.3) is 0 Å². The lowest BCUT2D eigenvalue weighted by molar-refractivity contribution is 0.0612. The van der Waals surface area contributed by atoms with Gasteiger partial charge in [-0.15, -0.1) is 0 Å². The molecule has 2 aromatic rings. The molecule has 0 heterocycles. The van der Waals surface area contributed by atoms with Crippen molar-refractivity contribution in [2.24, 2.45) is 0 Å². The van der Waals surface area contributed by atoms with Crippen molar-refractivity contribution in [2.45, 2.75) is 44.2 Å². The molecule has 6 heteroatoms. The molecule has 0 spiro atoms. The third-order valence-electron chi connectivity index (χ3n) is 5.12. The van der Waals surface area contributed by atoms with E-state index in [9.17, 15) is 9.59 Å². The smallest absolute Gasteiger partial charge is 0.408 e. The lowest BCUT2D eigenvalue weighted by Gasteiger charge is -2.24. The molecule has 29 heavy (non-hydrogen) atoms. The van der Waals surface area contributed by atoms with E-state index in [0.29, 0.717) is 22.6 Å². The minimum Gasteiger partial charge on any atom is -0.497 e. The van der Waals surface area contributed by atoms with Gasteiger partial charge in [0, 0.05) is 23.2 Å². The van der Waals surface area contributed by atoms with Crippen LogP contribution in [0.4, 0.5) is 4.79 Å². The van der Waals surface area contributed by atoms with E-state index in [-0.39, 0.29) is 11.8 Å². The second-order valence-corrected chi connectivity index (χ2v) is 7.14. The number of methoxy groups -OCH3 is 2. The molecule has 0 aromatic heterocycles. The second-order valence-electron chi connectivity index (χ2n) is 7.14. The number of Topliss-reactive ketones (excluding diaryl/α,β-unsaturated/α-hetero) is 1. The van der Waals surface area contributed by atoms with E-state index < -0.39 is 12.2 Å². The van der Waals surface area contributed by atoms with Crippen LogP contribution in [0.3, 0.4) is 0 Å². The maximum absolute atomic E-state index is 13.2. The van der Waals surface area contributed by atoms with Gasteiger partial charge in [0.15, 0.2) is 6.10 Å². The molecule has 1 unspecified atom stereocenters. The molecule has 1 aliphatic rings. The summed E-state index contributed by atoms with van der Waals surface area (Å²) < 4.78 is 16.3. The van der Waals surface area contributed by atoms with Crippen LogP contribution in [-0.2, 0) is 4.74 Å². The predicted octanol–water partition coefficient (Wildman–Crippen LogP) is 4.69. The van der Waals surface area contributed by atoms with Crippen LogP contribution in [-0.4, -0.2) is 32.1 Å². The van der Waals surface area contributed by atoms with E-state index >= 15 is 0 Å². The normalized spacial score (nSPS) is 15.2. The van der Waals surface area contributed by atoms with Gasteiger partial charge in [0.1, 0.15) is 11.5 Å². The molecule has 1 atom stereocenters. The van der Waals surface area contributed by atoms with E-state index in [1.54, 1.807) is 42.5 Å². The Morgan fingerprint density at radius 3 is 2.14 bits per heavy atom. The van der Waals surface area contributed by atoms with E-state index in [2.05, 4.69) is 5.32 Å². The zero-order chi connectivity index (χ0) is 20.6. The van der Waals surface area contributed by atoms with Crippen LogP contribution in [0.2, 0.25) is 0 Å². The van der Waals surface area contributed by atoms with E-state index in [1.807, 2.05) is 6.07 Å². The summed E-state index contributed by atoms with van der Waals surface area (Å²) in [6, 6.07) is 13.9. The Balaban J connectivity index is 1.87. The number of ether oxygens (including phenoxy) is 3. The topological polar surface area (TPSA) is 73.9 Å². The molecule has 1 fully saturated rings. The maximum atomic E-state index is 13.2. The van der Waals surface area contributed by atoms with Gasteiger partial charge >= 0.3 is 6.09 Å².